The Bertz CT molecular complexity index is 805. The second kappa shape index (κ2) is 22.4. The lowest BCUT2D eigenvalue weighted by molar-refractivity contribution is 0.0255. The predicted molar refractivity (Wildman–Crippen MR) is 190 cm³/mol. The summed E-state index contributed by atoms with van der Waals surface area (Å²) in [6.45, 7) is 20.7. The number of allylic oxidation sites excluding steroid dienone is 7. The van der Waals surface area contributed by atoms with Crippen molar-refractivity contribution in [3.05, 3.63) is 47.1 Å². The molecular formula is C41H74O. The topological polar surface area (TPSA) is 9.23 Å². The van der Waals surface area contributed by atoms with Gasteiger partial charge in [-0.05, 0) is 142 Å². The highest BCUT2D eigenvalue weighted by Crippen LogP contribution is 2.46. The lowest BCUT2D eigenvalue weighted by Gasteiger charge is -2.20. The molecule has 0 spiro atoms. The summed E-state index contributed by atoms with van der Waals surface area (Å²) in [6, 6.07) is 0. The maximum absolute atomic E-state index is 5.49. The van der Waals surface area contributed by atoms with Gasteiger partial charge in [-0.1, -0.05) is 106 Å². The molecule has 1 aliphatic rings. The summed E-state index contributed by atoms with van der Waals surface area (Å²) in [6.07, 6.45) is 34.8. The standard InChI is InChI=1S/C41H74O/c1-33(2)18-13-21-38(7)29-30-40-32-39(40)28-16-26-35(4)20-12-11-19-34(3)22-14-23-36(5)24-15-25-37(6)27-17-31-41(8,9)42-10/h17-19,25,27,35-36,38-40H,11-16,20-24,26,28-32H2,1-10H3/b27-17-,34-19+,37-25+/t35?,36?,38?,39?,40-/m1/s1. The first-order valence-electron chi connectivity index (χ1n) is 18.1. The SMILES string of the molecule is COC(C)(C)C/C=C\C(C)=C\CCC(C)CCC/C(C)=C/CCCC(C)CCCC1C[C@H]1CCC(C)CCC=C(C)C. The second-order valence-electron chi connectivity index (χ2n) is 15.4. The van der Waals surface area contributed by atoms with Crippen LogP contribution in [0.2, 0.25) is 0 Å². The van der Waals surface area contributed by atoms with E-state index in [1.54, 1.807) is 12.7 Å². The van der Waals surface area contributed by atoms with Crippen LogP contribution in [0.1, 0.15) is 171 Å². The van der Waals surface area contributed by atoms with Crippen molar-refractivity contribution in [2.75, 3.05) is 7.11 Å². The molecule has 0 N–H and O–H groups in total. The number of rotatable bonds is 25. The Morgan fingerprint density at radius 1 is 0.714 bits per heavy atom. The number of hydrogen-bond acceptors (Lipinski definition) is 1. The normalized spacial score (nSPS) is 20.1. The van der Waals surface area contributed by atoms with Gasteiger partial charge in [0.15, 0.2) is 0 Å². The summed E-state index contributed by atoms with van der Waals surface area (Å²) >= 11 is 0. The first-order chi connectivity index (χ1) is 19.9. The zero-order chi connectivity index (χ0) is 31.4. The number of unbranched alkanes of at least 4 members (excludes halogenated alkanes) is 1. The van der Waals surface area contributed by atoms with Crippen molar-refractivity contribution in [1.82, 2.24) is 0 Å². The Balaban J connectivity index is 2.04. The van der Waals surface area contributed by atoms with E-state index in [4.69, 9.17) is 4.74 Å². The van der Waals surface area contributed by atoms with Gasteiger partial charge in [0.2, 0.25) is 0 Å². The molecule has 5 atom stereocenters. The van der Waals surface area contributed by atoms with Crippen LogP contribution in [-0.4, -0.2) is 12.7 Å². The molecule has 0 aromatic rings. The Labute approximate surface area is 265 Å². The molecule has 0 aromatic carbocycles. The molecule has 244 valence electrons. The van der Waals surface area contributed by atoms with E-state index in [-0.39, 0.29) is 5.60 Å². The third-order valence-electron chi connectivity index (χ3n) is 9.91. The monoisotopic (exact) mass is 583 g/mol. The van der Waals surface area contributed by atoms with Gasteiger partial charge in [-0.25, -0.2) is 0 Å². The van der Waals surface area contributed by atoms with E-state index in [0.29, 0.717) is 0 Å². The molecule has 0 saturated heterocycles. The van der Waals surface area contributed by atoms with Crippen molar-refractivity contribution in [1.29, 1.82) is 0 Å². The third kappa shape index (κ3) is 21.6. The molecule has 0 amide bonds. The molecule has 1 fully saturated rings. The van der Waals surface area contributed by atoms with E-state index >= 15 is 0 Å². The maximum Gasteiger partial charge on any atom is 0.0657 e. The van der Waals surface area contributed by atoms with Crippen LogP contribution in [-0.2, 0) is 4.74 Å². The van der Waals surface area contributed by atoms with Crippen LogP contribution in [0.3, 0.4) is 0 Å². The molecule has 1 aliphatic carbocycles. The molecule has 0 aromatic heterocycles. The van der Waals surface area contributed by atoms with E-state index in [1.165, 1.54) is 114 Å². The van der Waals surface area contributed by atoms with E-state index in [9.17, 15) is 0 Å². The van der Waals surface area contributed by atoms with Gasteiger partial charge in [-0.2, -0.15) is 0 Å². The third-order valence-corrected chi connectivity index (χ3v) is 9.91. The van der Waals surface area contributed by atoms with Gasteiger partial charge in [0, 0.05) is 7.11 Å². The highest BCUT2D eigenvalue weighted by atomic mass is 16.5. The summed E-state index contributed by atoms with van der Waals surface area (Å²) in [5.74, 6) is 4.74. The smallest absolute Gasteiger partial charge is 0.0657 e. The minimum Gasteiger partial charge on any atom is -0.378 e. The van der Waals surface area contributed by atoms with Crippen molar-refractivity contribution < 1.29 is 4.74 Å². The lowest BCUT2D eigenvalue weighted by Crippen LogP contribution is -2.20. The van der Waals surface area contributed by atoms with Crippen LogP contribution < -0.4 is 0 Å². The highest BCUT2D eigenvalue weighted by molar-refractivity contribution is 5.16. The summed E-state index contributed by atoms with van der Waals surface area (Å²) in [7, 11) is 1.79. The average Bonchev–Trinajstić information content (AvgIpc) is 3.67. The highest BCUT2D eigenvalue weighted by Gasteiger charge is 2.35. The molecule has 1 heteroatoms. The molecule has 42 heavy (non-hydrogen) atoms. The van der Waals surface area contributed by atoms with Crippen LogP contribution in [0.25, 0.3) is 0 Å². The Morgan fingerprint density at radius 2 is 1.31 bits per heavy atom. The summed E-state index contributed by atoms with van der Waals surface area (Å²) in [4.78, 5) is 0. The fourth-order valence-electron chi connectivity index (χ4n) is 6.26. The van der Waals surface area contributed by atoms with Crippen molar-refractivity contribution in [3.8, 4) is 0 Å². The van der Waals surface area contributed by atoms with E-state index < -0.39 is 0 Å². The summed E-state index contributed by atoms with van der Waals surface area (Å²) in [5, 5.41) is 0. The van der Waals surface area contributed by atoms with Gasteiger partial charge in [0.25, 0.3) is 0 Å². The van der Waals surface area contributed by atoms with Crippen molar-refractivity contribution in [3.63, 3.8) is 0 Å². The predicted octanol–water partition coefficient (Wildman–Crippen LogP) is 13.6. The Kier molecular flexibility index (Phi) is 20.8. The van der Waals surface area contributed by atoms with E-state index in [1.807, 2.05) is 0 Å². The molecule has 1 nitrogen and oxygen atoms in total. The van der Waals surface area contributed by atoms with Crippen LogP contribution in [0, 0.1) is 29.6 Å². The Morgan fingerprint density at radius 3 is 2.00 bits per heavy atom. The molecule has 0 bridgehead atoms. The largest absolute Gasteiger partial charge is 0.378 e. The first kappa shape index (κ1) is 38.9. The van der Waals surface area contributed by atoms with Gasteiger partial charge >= 0.3 is 0 Å². The molecule has 0 radical (unpaired) electrons. The molecular weight excluding hydrogens is 508 g/mol. The summed E-state index contributed by atoms with van der Waals surface area (Å²) in [5.41, 5.74) is 4.39. The van der Waals surface area contributed by atoms with Crippen LogP contribution in [0.5, 0.6) is 0 Å². The molecule has 0 heterocycles. The zero-order valence-corrected chi connectivity index (χ0v) is 30.2. The lowest BCUT2D eigenvalue weighted by atomic mass is 9.94. The Hall–Kier alpha value is -1.08. The minimum absolute atomic E-state index is 0.0694. The molecule has 0 aliphatic heterocycles. The van der Waals surface area contributed by atoms with Crippen LogP contribution in [0.4, 0.5) is 0 Å². The van der Waals surface area contributed by atoms with Gasteiger partial charge < -0.3 is 4.74 Å². The number of hydrogen-bond donors (Lipinski definition) is 0. The quantitative estimate of drug-likeness (QED) is 0.0591. The first-order valence-corrected chi connectivity index (χ1v) is 18.1. The second-order valence-corrected chi connectivity index (χ2v) is 15.4. The van der Waals surface area contributed by atoms with Crippen molar-refractivity contribution in [2.24, 2.45) is 29.6 Å². The molecule has 1 saturated carbocycles. The minimum atomic E-state index is -0.0694. The average molecular weight is 583 g/mol. The number of methoxy groups -OCH3 is 1. The molecule has 1 rings (SSSR count). The fraction of sp³-hybridized carbons (Fsp3) is 0.805. The van der Waals surface area contributed by atoms with Gasteiger partial charge in [0.05, 0.1) is 5.60 Å². The van der Waals surface area contributed by atoms with Gasteiger partial charge in [-0.15, -0.1) is 0 Å². The van der Waals surface area contributed by atoms with Crippen molar-refractivity contribution in [2.45, 2.75) is 177 Å². The van der Waals surface area contributed by atoms with Crippen LogP contribution in [0.15, 0.2) is 47.1 Å². The fourth-order valence-corrected chi connectivity index (χ4v) is 6.26. The summed E-state index contributed by atoms with van der Waals surface area (Å²) < 4.78 is 5.49. The molecule has 4 unspecified atom stereocenters. The van der Waals surface area contributed by atoms with E-state index in [2.05, 4.69) is 92.7 Å². The van der Waals surface area contributed by atoms with Gasteiger partial charge in [-0.3, -0.25) is 0 Å². The number of ether oxygens (including phenoxy) is 1. The van der Waals surface area contributed by atoms with Gasteiger partial charge in [0.1, 0.15) is 0 Å². The zero-order valence-electron chi connectivity index (χ0n) is 30.2. The van der Waals surface area contributed by atoms with Crippen molar-refractivity contribution >= 4 is 0 Å². The van der Waals surface area contributed by atoms with E-state index in [0.717, 1.165) is 36.0 Å². The maximum atomic E-state index is 5.49. The van der Waals surface area contributed by atoms with Crippen LogP contribution >= 0.6 is 0 Å².